The Hall–Kier alpha value is -1.43. The van der Waals surface area contributed by atoms with Gasteiger partial charge in [-0.3, -0.25) is 19.3 Å². The zero-order valence-corrected chi connectivity index (χ0v) is 8.70. The van der Waals surface area contributed by atoms with Gasteiger partial charge in [-0.15, -0.1) is 0 Å². The number of piperidine rings is 1. The van der Waals surface area contributed by atoms with E-state index in [-0.39, 0.29) is 6.42 Å². The SMILES string of the molecule is COC(=O)C12CC1(OC)C(=O)N(C)C2=O. The van der Waals surface area contributed by atoms with Crippen molar-refractivity contribution in [2.24, 2.45) is 5.41 Å². The summed E-state index contributed by atoms with van der Waals surface area (Å²) >= 11 is 0. The molecule has 2 atom stereocenters. The Morgan fingerprint density at radius 1 is 1.33 bits per heavy atom. The quantitative estimate of drug-likeness (QED) is 0.332. The van der Waals surface area contributed by atoms with Crippen LogP contribution in [0.25, 0.3) is 0 Å². The summed E-state index contributed by atoms with van der Waals surface area (Å²) in [5.41, 5.74) is -2.74. The van der Waals surface area contributed by atoms with Crippen LogP contribution < -0.4 is 0 Å². The van der Waals surface area contributed by atoms with Crippen molar-refractivity contribution in [1.82, 2.24) is 4.90 Å². The predicted molar refractivity (Wildman–Crippen MR) is 46.6 cm³/mol. The third kappa shape index (κ3) is 0.775. The number of hydrogen-bond donors (Lipinski definition) is 0. The molecule has 6 nitrogen and oxygen atoms in total. The number of rotatable bonds is 2. The summed E-state index contributed by atoms with van der Waals surface area (Å²) in [6, 6.07) is 0. The van der Waals surface area contributed by atoms with Crippen LogP contribution in [0, 0.1) is 5.41 Å². The smallest absolute Gasteiger partial charge is 0.325 e. The van der Waals surface area contributed by atoms with Crippen LogP contribution in [0.3, 0.4) is 0 Å². The second kappa shape index (κ2) is 2.57. The molecular formula is C9H11NO5. The Bertz CT molecular complexity index is 379. The van der Waals surface area contributed by atoms with E-state index in [4.69, 9.17) is 4.74 Å². The topological polar surface area (TPSA) is 72.9 Å². The maximum atomic E-state index is 11.8. The number of imide groups is 1. The highest BCUT2D eigenvalue weighted by Gasteiger charge is 2.88. The van der Waals surface area contributed by atoms with E-state index in [0.29, 0.717) is 0 Å². The van der Waals surface area contributed by atoms with Crippen LogP contribution in [-0.4, -0.2) is 49.6 Å². The van der Waals surface area contributed by atoms with Crippen molar-refractivity contribution in [2.45, 2.75) is 12.0 Å². The van der Waals surface area contributed by atoms with Gasteiger partial charge in [0.25, 0.3) is 5.91 Å². The van der Waals surface area contributed by atoms with Crippen molar-refractivity contribution < 1.29 is 23.9 Å². The molecule has 15 heavy (non-hydrogen) atoms. The van der Waals surface area contributed by atoms with Crippen LogP contribution in [0.4, 0.5) is 0 Å². The largest absolute Gasteiger partial charge is 0.468 e. The van der Waals surface area contributed by atoms with Crippen LogP contribution in [-0.2, 0) is 23.9 Å². The third-order valence-corrected chi connectivity index (χ3v) is 3.28. The minimum absolute atomic E-state index is 0.0885. The van der Waals surface area contributed by atoms with Gasteiger partial charge in [-0.05, 0) is 0 Å². The number of likely N-dealkylation sites (N-methyl/N-ethyl adjacent to an activating group) is 1. The van der Waals surface area contributed by atoms with Crippen molar-refractivity contribution in [1.29, 1.82) is 0 Å². The molecule has 2 amide bonds. The lowest BCUT2D eigenvalue weighted by atomic mass is 10.0. The zero-order chi connectivity index (χ0) is 11.4. The summed E-state index contributed by atoms with van der Waals surface area (Å²) in [5.74, 6) is -1.71. The molecule has 1 saturated heterocycles. The number of fused-ring (bicyclic) bond motifs is 1. The highest BCUT2D eigenvalue weighted by atomic mass is 16.5. The number of amides is 2. The van der Waals surface area contributed by atoms with Gasteiger partial charge in [0.15, 0.2) is 11.0 Å². The van der Waals surface area contributed by atoms with Crippen molar-refractivity contribution in [3.63, 3.8) is 0 Å². The highest BCUT2D eigenvalue weighted by Crippen LogP contribution is 2.64. The molecule has 0 N–H and O–H groups in total. The number of ether oxygens (including phenoxy) is 2. The molecule has 2 fully saturated rings. The van der Waals surface area contributed by atoms with Crippen LogP contribution in [0.2, 0.25) is 0 Å². The van der Waals surface area contributed by atoms with Crippen molar-refractivity contribution in [3.8, 4) is 0 Å². The number of methoxy groups -OCH3 is 2. The molecule has 0 spiro atoms. The van der Waals surface area contributed by atoms with E-state index in [1.54, 1.807) is 0 Å². The van der Waals surface area contributed by atoms with E-state index in [0.717, 1.165) is 4.90 Å². The highest BCUT2D eigenvalue weighted by molar-refractivity contribution is 6.25. The van der Waals surface area contributed by atoms with E-state index in [9.17, 15) is 14.4 Å². The second-order valence-corrected chi connectivity index (χ2v) is 3.77. The molecule has 2 rings (SSSR count). The first-order valence-corrected chi connectivity index (χ1v) is 4.44. The number of carbonyl (C=O) groups excluding carboxylic acids is 3. The van der Waals surface area contributed by atoms with Crippen molar-refractivity contribution in [2.75, 3.05) is 21.3 Å². The molecule has 6 heteroatoms. The van der Waals surface area contributed by atoms with Crippen LogP contribution in [0.15, 0.2) is 0 Å². The fourth-order valence-electron chi connectivity index (χ4n) is 2.32. The molecule has 1 heterocycles. The molecule has 2 unspecified atom stereocenters. The first-order chi connectivity index (χ1) is 6.98. The molecule has 1 saturated carbocycles. The second-order valence-electron chi connectivity index (χ2n) is 3.77. The summed E-state index contributed by atoms with van der Waals surface area (Å²) in [7, 11) is 3.84. The molecule has 82 valence electrons. The summed E-state index contributed by atoms with van der Waals surface area (Å²) < 4.78 is 9.59. The van der Waals surface area contributed by atoms with Gasteiger partial charge in [0, 0.05) is 20.6 Å². The van der Waals surface area contributed by atoms with Gasteiger partial charge in [0.2, 0.25) is 5.91 Å². The van der Waals surface area contributed by atoms with Crippen LogP contribution in [0.1, 0.15) is 6.42 Å². The predicted octanol–water partition coefficient (Wildman–Crippen LogP) is -1.07. The zero-order valence-electron chi connectivity index (χ0n) is 8.70. The molecule has 0 radical (unpaired) electrons. The van der Waals surface area contributed by atoms with Gasteiger partial charge in [-0.1, -0.05) is 0 Å². The number of carbonyl (C=O) groups is 3. The molecule has 0 aromatic carbocycles. The molecule has 1 aliphatic heterocycles. The normalized spacial score (nSPS) is 37.9. The van der Waals surface area contributed by atoms with E-state index in [1.165, 1.54) is 21.3 Å². The Balaban J connectivity index is 2.48. The maximum Gasteiger partial charge on any atom is 0.325 e. The van der Waals surface area contributed by atoms with E-state index >= 15 is 0 Å². The first-order valence-electron chi connectivity index (χ1n) is 4.44. The minimum atomic E-state index is -1.43. The monoisotopic (exact) mass is 213 g/mol. The standard InChI is InChI=1S/C9H11NO5/c1-10-5(11)8(7(13)14-2)4-9(8,15-3)6(10)12/h4H2,1-3H3. The molecule has 1 aliphatic carbocycles. The molecule has 0 bridgehead atoms. The number of likely N-dealkylation sites (tertiary alicyclic amines) is 1. The van der Waals surface area contributed by atoms with Gasteiger partial charge in [-0.25, -0.2) is 0 Å². The van der Waals surface area contributed by atoms with E-state index in [2.05, 4.69) is 4.74 Å². The van der Waals surface area contributed by atoms with E-state index in [1.807, 2.05) is 0 Å². The Kier molecular flexibility index (Phi) is 1.73. The molecule has 2 aliphatic rings. The van der Waals surface area contributed by atoms with Crippen molar-refractivity contribution in [3.05, 3.63) is 0 Å². The van der Waals surface area contributed by atoms with Gasteiger partial charge < -0.3 is 9.47 Å². The molecule has 0 aromatic heterocycles. The summed E-state index contributed by atoms with van der Waals surface area (Å²) in [4.78, 5) is 35.9. The van der Waals surface area contributed by atoms with Crippen LogP contribution in [0.5, 0.6) is 0 Å². The average Bonchev–Trinajstić information content (AvgIpc) is 2.92. The number of nitrogens with zero attached hydrogens (tertiary/aromatic N) is 1. The van der Waals surface area contributed by atoms with E-state index < -0.39 is 28.8 Å². The first kappa shape index (κ1) is 10.1. The van der Waals surface area contributed by atoms with Gasteiger partial charge in [0.1, 0.15) is 0 Å². The number of esters is 1. The Morgan fingerprint density at radius 3 is 2.40 bits per heavy atom. The van der Waals surface area contributed by atoms with Gasteiger partial charge >= 0.3 is 5.97 Å². The maximum absolute atomic E-state index is 11.8. The lowest BCUT2D eigenvalue weighted by molar-refractivity contribution is -0.155. The third-order valence-electron chi connectivity index (χ3n) is 3.28. The molecular weight excluding hydrogens is 202 g/mol. The summed E-state index contributed by atoms with van der Waals surface area (Å²) in [5, 5.41) is 0. The summed E-state index contributed by atoms with van der Waals surface area (Å²) in [6.45, 7) is 0. The fourth-order valence-corrected chi connectivity index (χ4v) is 2.32. The lowest BCUT2D eigenvalue weighted by Crippen LogP contribution is -2.35. The average molecular weight is 213 g/mol. The minimum Gasteiger partial charge on any atom is -0.468 e. The lowest BCUT2D eigenvalue weighted by Gasteiger charge is -2.11. The molecule has 0 aromatic rings. The van der Waals surface area contributed by atoms with Crippen LogP contribution >= 0.6 is 0 Å². The number of hydrogen-bond acceptors (Lipinski definition) is 5. The van der Waals surface area contributed by atoms with Crippen molar-refractivity contribution >= 4 is 17.8 Å². The Labute approximate surface area is 86.1 Å². The van der Waals surface area contributed by atoms with Gasteiger partial charge in [0.05, 0.1) is 7.11 Å². The summed E-state index contributed by atoms with van der Waals surface area (Å²) in [6.07, 6.45) is 0.0885. The fraction of sp³-hybridized carbons (Fsp3) is 0.667. The Morgan fingerprint density at radius 2 is 1.93 bits per heavy atom. The van der Waals surface area contributed by atoms with Gasteiger partial charge in [-0.2, -0.15) is 0 Å².